The molecule has 5 rings (SSSR count). The van der Waals surface area contributed by atoms with Gasteiger partial charge in [0.05, 0.1) is 0 Å². The van der Waals surface area contributed by atoms with Crippen LogP contribution in [0.4, 0.5) is 8.78 Å². The third-order valence-corrected chi connectivity index (χ3v) is 9.44. The maximum atomic E-state index is 14.2. The molecule has 1 saturated carbocycles. The Balaban J connectivity index is 1.16. The van der Waals surface area contributed by atoms with Crippen molar-refractivity contribution in [1.82, 2.24) is 9.80 Å². The molecule has 2 heterocycles. The number of hydrogen-bond acceptors (Lipinski definition) is 3. The molecule has 1 aliphatic carbocycles. The Labute approximate surface area is 226 Å². The third kappa shape index (κ3) is 7.01. The van der Waals surface area contributed by atoms with Gasteiger partial charge < -0.3 is 10.0 Å². The highest BCUT2D eigenvalue weighted by Crippen LogP contribution is 2.38. The minimum absolute atomic E-state index is 0.155. The molecule has 2 saturated heterocycles. The van der Waals surface area contributed by atoms with Crippen molar-refractivity contribution in [3.63, 3.8) is 0 Å². The highest BCUT2D eigenvalue weighted by molar-refractivity contribution is 5.73. The molecule has 0 radical (unpaired) electrons. The van der Waals surface area contributed by atoms with Crippen LogP contribution in [0, 0.1) is 29.4 Å². The molecule has 0 amide bonds. The van der Waals surface area contributed by atoms with E-state index in [4.69, 9.17) is 0 Å². The van der Waals surface area contributed by atoms with Crippen molar-refractivity contribution >= 4 is 5.97 Å². The summed E-state index contributed by atoms with van der Waals surface area (Å²) < 4.78 is 27.3. The van der Waals surface area contributed by atoms with Crippen molar-refractivity contribution in [2.75, 3.05) is 32.7 Å². The second-order valence-electron chi connectivity index (χ2n) is 12.0. The summed E-state index contributed by atoms with van der Waals surface area (Å²) in [6, 6.07) is 13.4. The summed E-state index contributed by atoms with van der Waals surface area (Å²) in [5.41, 5.74) is 2.20. The Morgan fingerprint density at radius 1 is 0.947 bits per heavy atom. The van der Waals surface area contributed by atoms with Gasteiger partial charge in [0.15, 0.2) is 0 Å². The van der Waals surface area contributed by atoms with Crippen molar-refractivity contribution in [2.45, 2.75) is 69.7 Å². The van der Waals surface area contributed by atoms with Gasteiger partial charge in [-0.05, 0) is 98.3 Å². The van der Waals surface area contributed by atoms with Crippen molar-refractivity contribution in [3.05, 3.63) is 71.3 Å². The monoisotopic (exact) mass is 524 g/mol. The first-order valence-electron chi connectivity index (χ1n) is 14.6. The van der Waals surface area contributed by atoms with Gasteiger partial charge in [-0.1, -0.05) is 49.9 Å². The SMILES string of the molecule is O=C(O)C(CC1CCC1)N1CC(CN2CCC(CCCc3ccc(F)cc3)CC2)C(c2cccc(F)c2)C1. The molecule has 2 aromatic rings. The largest absolute Gasteiger partial charge is 0.480 e. The number of piperidine rings is 1. The van der Waals surface area contributed by atoms with Gasteiger partial charge >= 0.3 is 5.97 Å². The smallest absolute Gasteiger partial charge is 0.320 e. The lowest BCUT2D eigenvalue weighted by molar-refractivity contribution is -0.144. The zero-order valence-corrected chi connectivity index (χ0v) is 22.4. The van der Waals surface area contributed by atoms with Crippen LogP contribution in [0.2, 0.25) is 0 Å². The fourth-order valence-electron chi connectivity index (χ4n) is 6.94. The normalized spacial score (nSPS) is 24.4. The van der Waals surface area contributed by atoms with E-state index in [1.165, 1.54) is 37.3 Å². The maximum Gasteiger partial charge on any atom is 0.320 e. The Bertz CT molecular complexity index is 1050. The zero-order chi connectivity index (χ0) is 26.5. The molecule has 3 aliphatic rings. The van der Waals surface area contributed by atoms with Crippen molar-refractivity contribution in [1.29, 1.82) is 0 Å². The number of carboxylic acid groups (broad SMARTS) is 1. The molecule has 206 valence electrons. The lowest BCUT2D eigenvalue weighted by atomic mass is 9.80. The number of likely N-dealkylation sites (tertiary alicyclic amines) is 2. The molecule has 3 unspecified atom stereocenters. The van der Waals surface area contributed by atoms with E-state index in [0.717, 1.165) is 69.8 Å². The van der Waals surface area contributed by atoms with E-state index in [-0.39, 0.29) is 17.6 Å². The Hall–Kier alpha value is -2.31. The molecule has 0 aromatic heterocycles. The van der Waals surface area contributed by atoms with Crippen LogP contribution in [0.15, 0.2) is 48.5 Å². The molecule has 6 heteroatoms. The van der Waals surface area contributed by atoms with Gasteiger partial charge in [0, 0.05) is 25.6 Å². The number of halogens is 2. The van der Waals surface area contributed by atoms with E-state index in [2.05, 4.69) is 9.80 Å². The predicted molar refractivity (Wildman–Crippen MR) is 146 cm³/mol. The van der Waals surface area contributed by atoms with Gasteiger partial charge in [-0.25, -0.2) is 8.78 Å². The van der Waals surface area contributed by atoms with Crippen LogP contribution >= 0.6 is 0 Å². The van der Waals surface area contributed by atoms with Gasteiger partial charge in [-0.3, -0.25) is 9.69 Å². The van der Waals surface area contributed by atoms with Gasteiger partial charge in [0.1, 0.15) is 17.7 Å². The van der Waals surface area contributed by atoms with Crippen LogP contribution in [-0.4, -0.2) is 59.6 Å². The molecule has 2 aliphatic heterocycles. The van der Waals surface area contributed by atoms with Gasteiger partial charge in [-0.15, -0.1) is 0 Å². The minimum Gasteiger partial charge on any atom is -0.480 e. The first kappa shape index (κ1) is 27.3. The number of rotatable bonds is 11. The number of hydrogen-bond donors (Lipinski definition) is 1. The molecule has 1 N–H and O–H groups in total. The minimum atomic E-state index is -0.711. The van der Waals surface area contributed by atoms with E-state index in [1.54, 1.807) is 24.3 Å². The van der Waals surface area contributed by atoms with Crippen LogP contribution in [0.25, 0.3) is 0 Å². The number of nitrogens with zero attached hydrogens (tertiary/aromatic N) is 2. The Morgan fingerprint density at radius 2 is 1.71 bits per heavy atom. The maximum absolute atomic E-state index is 14.2. The van der Waals surface area contributed by atoms with E-state index in [1.807, 2.05) is 18.2 Å². The molecule has 3 fully saturated rings. The highest BCUT2D eigenvalue weighted by Gasteiger charge is 2.41. The standard InChI is InChI=1S/C32H42F2N2O2/c33-28-12-10-23(11-13-28)4-1-5-24-14-16-35(17-15-24)20-27-21-36(31(32(37)38)18-25-6-2-7-25)22-30(27)26-8-3-9-29(34)19-26/h3,8-13,19,24-25,27,30-31H,1-2,4-7,14-18,20-22H2,(H,37,38). The molecule has 3 atom stereocenters. The van der Waals surface area contributed by atoms with Gasteiger partial charge in [0.2, 0.25) is 0 Å². The summed E-state index contributed by atoms with van der Waals surface area (Å²) in [6.45, 7) is 4.53. The number of benzene rings is 2. The second kappa shape index (κ2) is 12.7. The first-order chi connectivity index (χ1) is 18.4. The average molecular weight is 525 g/mol. The van der Waals surface area contributed by atoms with Crippen molar-refractivity contribution in [3.8, 4) is 0 Å². The second-order valence-corrected chi connectivity index (χ2v) is 12.0. The van der Waals surface area contributed by atoms with E-state index < -0.39 is 12.0 Å². The first-order valence-corrected chi connectivity index (χ1v) is 14.6. The van der Waals surface area contributed by atoms with Gasteiger partial charge in [0.25, 0.3) is 0 Å². The van der Waals surface area contributed by atoms with E-state index >= 15 is 0 Å². The van der Waals surface area contributed by atoms with Gasteiger partial charge in [-0.2, -0.15) is 0 Å². The number of carbonyl (C=O) groups is 1. The molecule has 0 bridgehead atoms. The highest BCUT2D eigenvalue weighted by atomic mass is 19.1. The van der Waals surface area contributed by atoms with Crippen LogP contribution in [0.3, 0.4) is 0 Å². The fraction of sp³-hybridized carbons (Fsp3) is 0.594. The molecule has 4 nitrogen and oxygen atoms in total. The molecule has 2 aromatic carbocycles. The van der Waals surface area contributed by atoms with Crippen molar-refractivity contribution < 1.29 is 18.7 Å². The summed E-state index contributed by atoms with van der Waals surface area (Å²) in [5.74, 6) is 0.609. The van der Waals surface area contributed by atoms with Crippen LogP contribution in [0.5, 0.6) is 0 Å². The molecular formula is C32H42F2N2O2. The quantitative estimate of drug-likeness (QED) is 0.372. The Kier molecular flexibility index (Phi) is 9.11. The molecule has 0 spiro atoms. The van der Waals surface area contributed by atoms with Crippen LogP contribution < -0.4 is 0 Å². The van der Waals surface area contributed by atoms with Crippen molar-refractivity contribution in [2.24, 2.45) is 17.8 Å². The summed E-state index contributed by atoms with van der Waals surface area (Å²) >= 11 is 0. The van der Waals surface area contributed by atoms with E-state index in [0.29, 0.717) is 18.4 Å². The van der Waals surface area contributed by atoms with E-state index in [9.17, 15) is 18.7 Å². The topological polar surface area (TPSA) is 43.8 Å². The lowest BCUT2D eigenvalue weighted by Gasteiger charge is -2.35. The number of carboxylic acids is 1. The van der Waals surface area contributed by atoms with Crippen LogP contribution in [-0.2, 0) is 11.2 Å². The average Bonchev–Trinajstić information content (AvgIpc) is 3.28. The summed E-state index contributed by atoms with van der Waals surface area (Å²) in [6.07, 6.45) is 9.95. The summed E-state index contributed by atoms with van der Waals surface area (Å²) in [4.78, 5) is 17.0. The molecular weight excluding hydrogens is 482 g/mol. The fourth-order valence-corrected chi connectivity index (χ4v) is 6.94. The summed E-state index contributed by atoms with van der Waals surface area (Å²) in [5, 5.41) is 10.1. The lowest BCUT2D eigenvalue weighted by Crippen LogP contribution is -2.43. The number of aliphatic carboxylic acids is 1. The molecule has 38 heavy (non-hydrogen) atoms. The predicted octanol–water partition coefficient (Wildman–Crippen LogP) is 6.36. The third-order valence-electron chi connectivity index (χ3n) is 9.44. The summed E-state index contributed by atoms with van der Waals surface area (Å²) in [7, 11) is 0. The van der Waals surface area contributed by atoms with Crippen LogP contribution in [0.1, 0.15) is 68.4 Å². The zero-order valence-electron chi connectivity index (χ0n) is 22.4. The Morgan fingerprint density at radius 3 is 2.37 bits per heavy atom. The number of aryl methyl sites for hydroxylation is 1.